The quantitative estimate of drug-likeness (QED) is 0.602. The number of nitrogens with two attached hydrogens (primary N) is 1. The molecule has 0 aromatic rings. The molecule has 0 rings (SSSR count). The Kier molecular flexibility index (Phi) is 7.23. The van der Waals surface area contributed by atoms with Crippen molar-refractivity contribution in [3.8, 4) is 0 Å². The number of carbonyl (C=O) groups is 1. The van der Waals surface area contributed by atoms with Crippen molar-refractivity contribution in [2.24, 2.45) is 5.73 Å². The van der Waals surface area contributed by atoms with Gasteiger partial charge in [-0.05, 0) is 6.92 Å². The molecule has 0 atom stereocenters. The SMILES string of the molecule is CCNC(=O)CN(CCN)CC(F)F. The fourth-order valence-electron chi connectivity index (χ4n) is 1.07. The summed E-state index contributed by atoms with van der Waals surface area (Å²) in [5.74, 6) is -0.249. The fraction of sp³-hybridized carbons (Fsp3) is 0.875. The summed E-state index contributed by atoms with van der Waals surface area (Å²) in [4.78, 5) is 12.4. The highest BCUT2D eigenvalue weighted by Crippen LogP contribution is 1.97. The van der Waals surface area contributed by atoms with Crippen molar-refractivity contribution in [1.82, 2.24) is 10.2 Å². The highest BCUT2D eigenvalue weighted by atomic mass is 19.3. The Morgan fingerprint density at radius 1 is 1.57 bits per heavy atom. The summed E-state index contributed by atoms with van der Waals surface area (Å²) in [5, 5.41) is 2.54. The van der Waals surface area contributed by atoms with E-state index in [4.69, 9.17) is 5.73 Å². The molecule has 0 bridgehead atoms. The molecular formula is C8H17F2N3O. The van der Waals surface area contributed by atoms with Crippen molar-refractivity contribution in [2.75, 3.05) is 32.7 Å². The Bertz CT molecular complexity index is 167. The van der Waals surface area contributed by atoms with Crippen LogP contribution in [0.25, 0.3) is 0 Å². The summed E-state index contributed by atoms with van der Waals surface area (Å²) in [6, 6.07) is 0. The first-order valence-electron chi connectivity index (χ1n) is 4.57. The maximum Gasteiger partial charge on any atom is 0.251 e. The zero-order chi connectivity index (χ0) is 11.0. The highest BCUT2D eigenvalue weighted by Gasteiger charge is 2.14. The number of nitrogens with one attached hydrogen (secondary N) is 1. The number of likely N-dealkylation sites (N-methyl/N-ethyl adjacent to an activating group) is 1. The number of amides is 1. The smallest absolute Gasteiger partial charge is 0.251 e. The van der Waals surface area contributed by atoms with Crippen LogP contribution in [0.1, 0.15) is 6.92 Å². The van der Waals surface area contributed by atoms with Crippen molar-refractivity contribution in [1.29, 1.82) is 0 Å². The van der Waals surface area contributed by atoms with Crippen LogP contribution in [0.3, 0.4) is 0 Å². The molecule has 4 nitrogen and oxygen atoms in total. The molecule has 0 saturated heterocycles. The maximum atomic E-state index is 12.0. The number of hydrogen-bond acceptors (Lipinski definition) is 3. The van der Waals surface area contributed by atoms with E-state index < -0.39 is 13.0 Å². The van der Waals surface area contributed by atoms with Gasteiger partial charge in [0.15, 0.2) is 0 Å². The van der Waals surface area contributed by atoms with E-state index in [2.05, 4.69) is 5.32 Å². The third-order valence-electron chi connectivity index (χ3n) is 1.58. The van der Waals surface area contributed by atoms with Gasteiger partial charge in [-0.15, -0.1) is 0 Å². The number of rotatable bonds is 7. The van der Waals surface area contributed by atoms with Gasteiger partial charge in [0.25, 0.3) is 6.43 Å². The van der Waals surface area contributed by atoms with Gasteiger partial charge >= 0.3 is 0 Å². The van der Waals surface area contributed by atoms with Gasteiger partial charge in [-0.3, -0.25) is 9.69 Å². The standard InChI is InChI=1S/C8H17F2N3O/c1-2-12-8(14)6-13(4-3-11)5-7(9)10/h7H,2-6,11H2,1H3,(H,12,14). The molecule has 0 aliphatic rings. The van der Waals surface area contributed by atoms with Gasteiger partial charge in [0.1, 0.15) is 0 Å². The van der Waals surface area contributed by atoms with Crippen LogP contribution in [0.5, 0.6) is 0 Å². The Morgan fingerprint density at radius 3 is 2.64 bits per heavy atom. The molecule has 84 valence electrons. The van der Waals surface area contributed by atoms with Crippen LogP contribution in [0.15, 0.2) is 0 Å². The van der Waals surface area contributed by atoms with Crippen LogP contribution in [-0.2, 0) is 4.79 Å². The number of carbonyl (C=O) groups excluding carboxylic acids is 1. The first kappa shape index (κ1) is 13.2. The fourth-order valence-corrected chi connectivity index (χ4v) is 1.07. The van der Waals surface area contributed by atoms with E-state index in [-0.39, 0.29) is 19.0 Å². The molecule has 14 heavy (non-hydrogen) atoms. The molecule has 3 N–H and O–H groups in total. The minimum Gasteiger partial charge on any atom is -0.355 e. The molecule has 0 aromatic heterocycles. The molecular weight excluding hydrogens is 192 g/mol. The monoisotopic (exact) mass is 209 g/mol. The van der Waals surface area contributed by atoms with E-state index >= 15 is 0 Å². The first-order chi connectivity index (χ1) is 6.60. The number of halogens is 2. The summed E-state index contributed by atoms with van der Waals surface area (Å²) >= 11 is 0. The number of nitrogens with zero attached hydrogens (tertiary/aromatic N) is 1. The molecule has 0 unspecified atom stereocenters. The average molecular weight is 209 g/mol. The maximum absolute atomic E-state index is 12.0. The number of alkyl halides is 2. The Balaban J connectivity index is 3.88. The van der Waals surface area contributed by atoms with Crippen molar-refractivity contribution >= 4 is 5.91 Å². The summed E-state index contributed by atoms with van der Waals surface area (Å²) < 4.78 is 24.1. The average Bonchev–Trinajstić information content (AvgIpc) is 2.03. The molecule has 6 heteroatoms. The Labute approximate surface area is 82.4 Å². The highest BCUT2D eigenvalue weighted by molar-refractivity contribution is 5.77. The van der Waals surface area contributed by atoms with Gasteiger partial charge in [-0.1, -0.05) is 0 Å². The molecule has 0 aliphatic heterocycles. The molecule has 0 aromatic carbocycles. The zero-order valence-corrected chi connectivity index (χ0v) is 8.30. The molecule has 0 heterocycles. The second-order valence-electron chi connectivity index (χ2n) is 2.87. The van der Waals surface area contributed by atoms with E-state index in [0.29, 0.717) is 13.1 Å². The second kappa shape index (κ2) is 7.64. The van der Waals surface area contributed by atoms with Gasteiger partial charge in [-0.25, -0.2) is 8.78 Å². The lowest BCUT2D eigenvalue weighted by molar-refractivity contribution is -0.122. The predicted molar refractivity (Wildman–Crippen MR) is 50.2 cm³/mol. The van der Waals surface area contributed by atoms with Gasteiger partial charge in [0.2, 0.25) is 5.91 Å². The van der Waals surface area contributed by atoms with Gasteiger partial charge in [-0.2, -0.15) is 0 Å². The van der Waals surface area contributed by atoms with Crippen LogP contribution < -0.4 is 11.1 Å². The van der Waals surface area contributed by atoms with E-state index in [9.17, 15) is 13.6 Å². The first-order valence-corrected chi connectivity index (χ1v) is 4.57. The Hall–Kier alpha value is -0.750. The van der Waals surface area contributed by atoms with Crippen LogP contribution >= 0.6 is 0 Å². The molecule has 0 fully saturated rings. The zero-order valence-electron chi connectivity index (χ0n) is 8.30. The van der Waals surface area contributed by atoms with Crippen molar-refractivity contribution in [3.63, 3.8) is 0 Å². The third-order valence-corrected chi connectivity index (χ3v) is 1.58. The molecule has 0 spiro atoms. The van der Waals surface area contributed by atoms with E-state index in [0.717, 1.165) is 0 Å². The normalized spacial score (nSPS) is 11.0. The lowest BCUT2D eigenvalue weighted by atomic mass is 10.4. The van der Waals surface area contributed by atoms with Crippen molar-refractivity contribution in [2.45, 2.75) is 13.3 Å². The lowest BCUT2D eigenvalue weighted by Gasteiger charge is -2.19. The summed E-state index contributed by atoms with van der Waals surface area (Å²) in [6.07, 6.45) is -2.43. The van der Waals surface area contributed by atoms with Crippen LogP contribution in [0.4, 0.5) is 8.78 Å². The third kappa shape index (κ3) is 6.73. The lowest BCUT2D eigenvalue weighted by Crippen LogP contribution is -2.41. The van der Waals surface area contributed by atoms with Gasteiger partial charge in [0, 0.05) is 19.6 Å². The van der Waals surface area contributed by atoms with Crippen LogP contribution in [0, 0.1) is 0 Å². The van der Waals surface area contributed by atoms with Crippen LogP contribution in [0.2, 0.25) is 0 Å². The summed E-state index contributed by atoms with van der Waals surface area (Å²) in [5.41, 5.74) is 5.24. The van der Waals surface area contributed by atoms with Crippen LogP contribution in [-0.4, -0.2) is 50.0 Å². The van der Waals surface area contributed by atoms with Gasteiger partial charge in [0.05, 0.1) is 13.1 Å². The molecule has 1 amide bonds. The van der Waals surface area contributed by atoms with E-state index in [1.165, 1.54) is 4.90 Å². The minimum absolute atomic E-state index is 0.0185. The predicted octanol–water partition coefficient (Wildman–Crippen LogP) is -0.352. The Morgan fingerprint density at radius 2 is 2.21 bits per heavy atom. The molecule has 0 aliphatic carbocycles. The largest absolute Gasteiger partial charge is 0.355 e. The van der Waals surface area contributed by atoms with E-state index in [1.807, 2.05) is 0 Å². The van der Waals surface area contributed by atoms with Crippen molar-refractivity contribution in [3.05, 3.63) is 0 Å². The minimum atomic E-state index is -2.43. The molecule has 0 saturated carbocycles. The summed E-state index contributed by atoms with van der Waals surface area (Å²) in [7, 11) is 0. The summed E-state index contributed by atoms with van der Waals surface area (Å²) in [6.45, 7) is 2.43. The topological polar surface area (TPSA) is 58.4 Å². The van der Waals surface area contributed by atoms with Crippen molar-refractivity contribution < 1.29 is 13.6 Å². The second-order valence-corrected chi connectivity index (χ2v) is 2.87. The van der Waals surface area contributed by atoms with Gasteiger partial charge < -0.3 is 11.1 Å². The molecule has 0 radical (unpaired) electrons. The number of hydrogen-bond donors (Lipinski definition) is 2. The van der Waals surface area contributed by atoms with E-state index in [1.54, 1.807) is 6.92 Å².